The Balaban J connectivity index is 0. The molecular weight excluding hydrogens is 350 g/mol. The van der Waals surface area contributed by atoms with E-state index in [0.717, 1.165) is 23.0 Å². The van der Waals surface area contributed by atoms with Gasteiger partial charge in [0.1, 0.15) is 0 Å². The van der Waals surface area contributed by atoms with Crippen molar-refractivity contribution in [3.8, 4) is 0 Å². The number of para-hydroxylation sites is 1. The summed E-state index contributed by atoms with van der Waals surface area (Å²) in [5, 5.41) is 10.7. The summed E-state index contributed by atoms with van der Waals surface area (Å²) in [5.41, 5.74) is -1.55. The zero-order chi connectivity index (χ0) is 14.8. The minimum Gasteiger partial charge on any atom is -0.734 e. The van der Waals surface area contributed by atoms with Crippen molar-refractivity contribution in [3.63, 3.8) is 0 Å². The molecule has 0 atom stereocenters. The monoisotopic (exact) mass is 356 g/mol. The van der Waals surface area contributed by atoms with E-state index in [4.69, 9.17) is 4.55 Å². The first-order valence-corrected chi connectivity index (χ1v) is 7.14. The number of nitrogens with zero attached hydrogens (tertiary/aromatic N) is 1. The minimum atomic E-state index is -5.32. The van der Waals surface area contributed by atoms with Crippen molar-refractivity contribution >= 4 is 32.3 Å². The quantitative estimate of drug-likeness (QED) is 0.298. The molecule has 0 aromatic heterocycles. The van der Waals surface area contributed by atoms with Crippen LogP contribution in [0.2, 0.25) is 0 Å². The Morgan fingerprint density at radius 2 is 1.62 bits per heavy atom. The van der Waals surface area contributed by atoms with E-state index in [1.54, 1.807) is 0 Å². The molecule has 0 amide bonds. The fraction of sp³-hybridized carbons (Fsp3) is 0. The van der Waals surface area contributed by atoms with E-state index in [0.29, 0.717) is 0 Å². The van der Waals surface area contributed by atoms with E-state index < -0.39 is 42.2 Å². The van der Waals surface area contributed by atoms with Gasteiger partial charge in [-0.25, -0.2) is 8.42 Å². The summed E-state index contributed by atoms with van der Waals surface area (Å²) in [4.78, 5) is 11.7. The first-order chi connectivity index (χ1) is 8.52. The third kappa shape index (κ3) is 7.38. The first kappa shape index (κ1) is 23.5. The molecule has 1 aromatic carbocycles. The Morgan fingerprint density at radius 3 is 2.00 bits per heavy atom. The van der Waals surface area contributed by atoms with E-state index in [1.165, 1.54) is 6.07 Å². The molecule has 0 bridgehead atoms. The van der Waals surface area contributed by atoms with Gasteiger partial charge in [-0.15, -0.1) is 4.83 Å². The summed E-state index contributed by atoms with van der Waals surface area (Å²) in [5.74, 6) is -1.84. The van der Waals surface area contributed by atoms with Crippen molar-refractivity contribution < 1.29 is 95.0 Å². The Kier molecular flexibility index (Phi) is 9.85. The zero-order valence-electron chi connectivity index (χ0n) is 10.9. The van der Waals surface area contributed by atoms with Crippen LogP contribution in [0.4, 0.5) is 5.69 Å². The summed E-state index contributed by atoms with van der Waals surface area (Å²) in [6.45, 7) is 0. The maximum atomic E-state index is 11.0. The number of carboxylic acids is 1. The van der Waals surface area contributed by atoms with Gasteiger partial charge in [0.15, 0.2) is 10.3 Å². The Morgan fingerprint density at radius 1 is 1.14 bits per heavy atom. The molecule has 1 rings (SSSR count). The molecule has 0 fully saturated rings. The van der Waals surface area contributed by atoms with Crippen molar-refractivity contribution in [1.29, 1.82) is 0 Å². The Hall–Kier alpha value is 0.270. The molecule has 0 aliphatic rings. The van der Waals surface area contributed by atoms with Crippen molar-refractivity contribution in [3.05, 3.63) is 29.8 Å². The van der Waals surface area contributed by atoms with Gasteiger partial charge in [-0.2, -0.15) is 12.8 Å². The maximum Gasteiger partial charge on any atom is 1.00 e. The van der Waals surface area contributed by atoms with Crippen molar-refractivity contribution in [2.24, 2.45) is 0 Å². The van der Waals surface area contributed by atoms with Crippen LogP contribution in [-0.2, 0) is 20.6 Å². The molecule has 0 unspecified atom stereocenters. The summed E-state index contributed by atoms with van der Waals surface area (Å²) >= 11 is 0. The molecule has 2 N–H and O–H groups in total. The molecule has 1 aromatic rings. The first-order valence-electron chi connectivity index (χ1n) is 4.34. The molecule has 0 spiro atoms. The average Bonchev–Trinajstić information content (AvgIpc) is 2.23. The summed E-state index contributed by atoms with van der Waals surface area (Å²) < 4.78 is 61.8. The number of hydrogen-bond donors (Lipinski definition) is 2. The molecule has 0 aliphatic heterocycles. The SMILES string of the molecule is O=C([O-])c1ccccc1N(NS(=O)(=O)[O-])S(=O)(=O)O.[Na+].[Na+]. The van der Waals surface area contributed by atoms with Crippen LogP contribution in [0.5, 0.6) is 0 Å². The Labute approximate surface area is 164 Å². The molecule has 106 valence electrons. The number of rotatable bonds is 5. The molecule has 0 radical (unpaired) electrons. The van der Waals surface area contributed by atoms with Crippen LogP contribution in [0, 0.1) is 0 Å². The van der Waals surface area contributed by atoms with Crippen molar-refractivity contribution in [2.45, 2.75) is 0 Å². The van der Waals surface area contributed by atoms with Crippen LogP contribution in [0.25, 0.3) is 0 Å². The summed E-state index contributed by atoms with van der Waals surface area (Å²) in [6, 6.07) is 4.08. The maximum absolute atomic E-state index is 11.0. The van der Waals surface area contributed by atoms with Crippen LogP contribution in [-0.4, -0.2) is 31.9 Å². The minimum absolute atomic E-state index is 0. The second kappa shape index (κ2) is 8.79. The number of benzene rings is 1. The predicted molar refractivity (Wildman–Crippen MR) is 57.6 cm³/mol. The van der Waals surface area contributed by atoms with E-state index in [1.807, 2.05) is 0 Å². The number of hydrogen-bond acceptors (Lipinski definition) is 7. The second-order valence-electron chi connectivity index (χ2n) is 3.09. The van der Waals surface area contributed by atoms with Crippen LogP contribution in [0.3, 0.4) is 0 Å². The number of carboxylic acid groups (broad SMARTS) is 1. The van der Waals surface area contributed by atoms with Crippen LogP contribution in [0.1, 0.15) is 10.4 Å². The topological polar surface area (TPSA) is 167 Å². The normalized spacial score (nSPS) is 11.0. The zero-order valence-corrected chi connectivity index (χ0v) is 16.5. The molecule has 21 heavy (non-hydrogen) atoms. The summed E-state index contributed by atoms with van der Waals surface area (Å²) in [6.07, 6.45) is 0. The van der Waals surface area contributed by atoms with Gasteiger partial charge in [-0.3, -0.25) is 4.55 Å². The van der Waals surface area contributed by atoms with Gasteiger partial charge in [0.2, 0.25) is 0 Å². The number of carbonyl (C=O) groups excluding carboxylic acids is 1. The van der Waals surface area contributed by atoms with E-state index >= 15 is 0 Å². The third-order valence-corrected chi connectivity index (χ3v) is 3.04. The van der Waals surface area contributed by atoms with Crippen molar-refractivity contribution in [2.75, 3.05) is 4.41 Å². The van der Waals surface area contributed by atoms with E-state index in [2.05, 4.69) is 0 Å². The van der Waals surface area contributed by atoms with Gasteiger partial charge >= 0.3 is 69.4 Å². The number of carbonyl (C=O) groups is 1. The summed E-state index contributed by atoms with van der Waals surface area (Å²) in [7, 11) is -10.6. The molecular formula is C7H6N2Na2O8S2. The Bertz CT molecular complexity index is 705. The molecule has 0 saturated heterocycles. The van der Waals surface area contributed by atoms with Gasteiger partial charge < -0.3 is 14.5 Å². The van der Waals surface area contributed by atoms with Gasteiger partial charge in [0, 0.05) is 5.56 Å². The fourth-order valence-corrected chi connectivity index (χ4v) is 2.51. The molecule has 0 saturated carbocycles. The standard InChI is InChI=1S/C7H8N2O8S2.2Na/c10-7(11)5-3-1-2-4-6(5)9(19(15,16)17)8-18(12,13)14;;/h1-4,8H,(H,10,11)(H,12,13,14)(H,15,16,17);;/q;2*+1/p-2. The molecule has 0 aliphatic carbocycles. The van der Waals surface area contributed by atoms with Gasteiger partial charge in [-0.1, -0.05) is 18.2 Å². The molecule has 10 nitrogen and oxygen atoms in total. The second-order valence-corrected chi connectivity index (χ2v) is 5.44. The van der Waals surface area contributed by atoms with Gasteiger partial charge in [0.05, 0.1) is 11.7 Å². The third-order valence-electron chi connectivity index (χ3n) is 1.77. The average molecular weight is 356 g/mol. The van der Waals surface area contributed by atoms with Crippen LogP contribution in [0.15, 0.2) is 24.3 Å². The largest absolute Gasteiger partial charge is 1.00 e. The van der Waals surface area contributed by atoms with Gasteiger partial charge in [0.25, 0.3) is 0 Å². The number of aromatic carboxylic acids is 1. The smallest absolute Gasteiger partial charge is 0.734 e. The number of hydrazine groups is 1. The number of anilines is 1. The predicted octanol–water partition coefficient (Wildman–Crippen LogP) is -8.37. The van der Waals surface area contributed by atoms with E-state index in [-0.39, 0.29) is 59.1 Å². The number of nitrogens with one attached hydrogen (secondary N) is 1. The van der Waals surface area contributed by atoms with Crippen molar-refractivity contribution in [1.82, 2.24) is 4.83 Å². The van der Waals surface area contributed by atoms with Gasteiger partial charge in [-0.05, 0) is 6.07 Å². The molecule has 14 heteroatoms. The van der Waals surface area contributed by atoms with Crippen LogP contribution < -0.4 is 73.5 Å². The van der Waals surface area contributed by atoms with E-state index in [9.17, 15) is 31.3 Å². The molecule has 0 heterocycles. The van der Waals surface area contributed by atoms with Crippen LogP contribution >= 0.6 is 0 Å². The fourth-order valence-electron chi connectivity index (χ4n) is 1.15.